The number of aliphatic imine (C=N–C) groups is 1. The molecule has 2 heterocycles. The van der Waals surface area contributed by atoms with Gasteiger partial charge in [-0.05, 0) is 44.9 Å². The number of nitrogens with one attached hydrogen (secondary N) is 2. The minimum Gasteiger partial charge on any atom is -0.493 e. The van der Waals surface area contributed by atoms with E-state index in [0.29, 0.717) is 43.0 Å². The number of morpholine rings is 1. The first-order valence-corrected chi connectivity index (χ1v) is 11.2. The summed E-state index contributed by atoms with van der Waals surface area (Å²) in [5.74, 6) is 1.20. The van der Waals surface area contributed by atoms with Gasteiger partial charge in [0, 0.05) is 37.3 Å². The van der Waals surface area contributed by atoms with E-state index in [9.17, 15) is 8.78 Å². The zero-order chi connectivity index (χ0) is 22.1. The molecule has 3 rings (SSSR count). The second kappa shape index (κ2) is 14.0. The molecular weight excluding hydrogens is 533 g/mol. The number of hydrogen-bond acceptors (Lipinski definition) is 5. The van der Waals surface area contributed by atoms with Gasteiger partial charge < -0.3 is 24.8 Å². The average Bonchev–Trinajstić information content (AvgIpc) is 3.22. The van der Waals surface area contributed by atoms with Gasteiger partial charge in [-0.3, -0.25) is 4.90 Å². The van der Waals surface area contributed by atoms with Gasteiger partial charge in [0.25, 0.3) is 0 Å². The molecule has 7 nitrogen and oxygen atoms in total. The lowest BCUT2D eigenvalue weighted by Crippen LogP contribution is -2.51. The van der Waals surface area contributed by atoms with Crippen LogP contribution in [0.2, 0.25) is 0 Å². The molecule has 0 amide bonds. The summed E-state index contributed by atoms with van der Waals surface area (Å²) in [4.78, 5) is 7.05. The van der Waals surface area contributed by atoms with Crippen molar-refractivity contribution in [2.75, 3.05) is 39.4 Å². The van der Waals surface area contributed by atoms with Crippen LogP contribution in [-0.4, -0.2) is 69.0 Å². The predicted molar refractivity (Wildman–Crippen MR) is 131 cm³/mol. The summed E-state index contributed by atoms with van der Waals surface area (Å²) in [6, 6.07) is 5.53. The van der Waals surface area contributed by atoms with Gasteiger partial charge in [-0.15, -0.1) is 24.0 Å². The van der Waals surface area contributed by atoms with Crippen LogP contribution in [0.5, 0.6) is 11.5 Å². The molecule has 2 unspecified atom stereocenters. The first-order valence-electron chi connectivity index (χ1n) is 11.2. The number of nitrogens with zero attached hydrogens (tertiary/aromatic N) is 2. The van der Waals surface area contributed by atoms with Gasteiger partial charge in [0.15, 0.2) is 5.96 Å². The summed E-state index contributed by atoms with van der Waals surface area (Å²) in [6.07, 6.45) is 3.39. The number of ether oxygens (including phenoxy) is 3. The van der Waals surface area contributed by atoms with Crippen molar-refractivity contribution < 1.29 is 23.0 Å². The standard InChI is InChI=1S/C22H34F2N4O3.HI/c1-3-10-29-18-8-7-16(20(11-18)31-21(23)24)12-26-22(25-4-2)27-13-19-14-28-9-5-6-17(28)15-30-19;/h7-8,11,17,19,21H,3-6,9-10,12-15H2,1-2H3,(H2,25,26,27);1H. The van der Waals surface area contributed by atoms with E-state index in [-0.39, 0.29) is 42.4 Å². The zero-order valence-corrected chi connectivity index (χ0v) is 21.1. The number of guanidine groups is 1. The van der Waals surface area contributed by atoms with Gasteiger partial charge in [0.2, 0.25) is 0 Å². The van der Waals surface area contributed by atoms with Crippen molar-refractivity contribution in [1.29, 1.82) is 0 Å². The highest BCUT2D eigenvalue weighted by Crippen LogP contribution is 2.27. The molecule has 32 heavy (non-hydrogen) atoms. The average molecular weight is 568 g/mol. The first kappa shape index (κ1) is 26.8. The van der Waals surface area contributed by atoms with E-state index in [2.05, 4.69) is 20.5 Å². The Balaban J connectivity index is 0.00000363. The third-order valence-corrected chi connectivity index (χ3v) is 5.44. The van der Waals surface area contributed by atoms with Crippen molar-refractivity contribution >= 4 is 29.9 Å². The van der Waals surface area contributed by atoms with Crippen molar-refractivity contribution in [3.05, 3.63) is 23.8 Å². The lowest BCUT2D eigenvalue weighted by Gasteiger charge is -2.35. The highest BCUT2D eigenvalue weighted by atomic mass is 127. The predicted octanol–water partition coefficient (Wildman–Crippen LogP) is 3.61. The number of rotatable bonds is 10. The van der Waals surface area contributed by atoms with Crippen molar-refractivity contribution in [3.63, 3.8) is 0 Å². The maximum Gasteiger partial charge on any atom is 0.387 e. The van der Waals surface area contributed by atoms with Crippen LogP contribution in [0.25, 0.3) is 0 Å². The molecule has 10 heteroatoms. The Bertz CT molecular complexity index is 726. The maximum atomic E-state index is 12.9. The molecule has 0 spiro atoms. The molecule has 0 aromatic heterocycles. The van der Waals surface area contributed by atoms with Crippen LogP contribution in [0.4, 0.5) is 8.78 Å². The number of benzene rings is 1. The number of hydrogen-bond donors (Lipinski definition) is 2. The van der Waals surface area contributed by atoms with E-state index in [4.69, 9.17) is 14.2 Å². The van der Waals surface area contributed by atoms with Crippen LogP contribution >= 0.6 is 24.0 Å². The highest BCUT2D eigenvalue weighted by Gasteiger charge is 2.32. The van der Waals surface area contributed by atoms with Crippen molar-refractivity contribution in [2.24, 2.45) is 4.99 Å². The fraction of sp³-hybridized carbons (Fsp3) is 0.682. The summed E-state index contributed by atoms with van der Waals surface area (Å²) in [5, 5.41) is 6.51. The van der Waals surface area contributed by atoms with E-state index >= 15 is 0 Å². The first-order chi connectivity index (χ1) is 15.1. The molecule has 0 saturated carbocycles. The molecule has 1 aromatic rings. The lowest BCUT2D eigenvalue weighted by molar-refractivity contribution is -0.0505. The molecule has 2 N–H and O–H groups in total. The molecule has 0 bridgehead atoms. The van der Waals surface area contributed by atoms with E-state index in [1.807, 2.05) is 13.8 Å². The van der Waals surface area contributed by atoms with Gasteiger partial charge in [0.1, 0.15) is 11.5 Å². The second-order valence-electron chi connectivity index (χ2n) is 7.82. The van der Waals surface area contributed by atoms with Gasteiger partial charge in [-0.1, -0.05) is 6.92 Å². The molecule has 182 valence electrons. The molecule has 2 atom stereocenters. The van der Waals surface area contributed by atoms with E-state index in [0.717, 1.165) is 26.1 Å². The monoisotopic (exact) mass is 568 g/mol. The van der Waals surface area contributed by atoms with Gasteiger partial charge >= 0.3 is 6.61 Å². The zero-order valence-electron chi connectivity index (χ0n) is 18.8. The normalized spacial score (nSPS) is 21.1. The van der Waals surface area contributed by atoms with Crippen LogP contribution < -0.4 is 20.1 Å². The Kier molecular flexibility index (Phi) is 11.7. The molecule has 0 aliphatic carbocycles. The third-order valence-electron chi connectivity index (χ3n) is 5.44. The highest BCUT2D eigenvalue weighted by molar-refractivity contribution is 14.0. The molecule has 2 saturated heterocycles. The van der Waals surface area contributed by atoms with Crippen LogP contribution in [0.15, 0.2) is 23.2 Å². The Morgan fingerprint density at radius 3 is 2.91 bits per heavy atom. The van der Waals surface area contributed by atoms with Crippen LogP contribution in [0, 0.1) is 0 Å². The van der Waals surface area contributed by atoms with Crippen molar-refractivity contribution in [1.82, 2.24) is 15.5 Å². The molecular formula is C22H35F2IN4O3. The summed E-state index contributed by atoms with van der Waals surface area (Å²) >= 11 is 0. The number of halogens is 3. The fourth-order valence-corrected chi connectivity index (χ4v) is 3.91. The lowest BCUT2D eigenvalue weighted by atomic mass is 10.2. The Morgan fingerprint density at radius 1 is 1.31 bits per heavy atom. The van der Waals surface area contributed by atoms with E-state index in [1.165, 1.54) is 18.9 Å². The number of alkyl halides is 2. The van der Waals surface area contributed by atoms with Crippen molar-refractivity contribution in [3.8, 4) is 11.5 Å². The third kappa shape index (κ3) is 8.18. The van der Waals surface area contributed by atoms with Gasteiger partial charge in [0.05, 0.1) is 25.9 Å². The minimum absolute atomic E-state index is 0. The Labute approximate surface area is 206 Å². The second-order valence-corrected chi connectivity index (χ2v) is 7.82. The van der Waals surface area contributed by atoms with E-state index < -0.39 is 6.61 Å². The topological polar surface area (TPSA) is 67.4 Å². The van der Waals surface area contributed by atoms with Gasteiger partial charge in [-0.2, -0.15) is 8.78 Å². The van der Waals surface area contributed by atoms with Crippen molar-refractivity contribution in [2.45, 2.75) is 58.4 Å². The SMILES string of the molecule is CCCOc1ccc(CN=C(NCC)NCC2CN3CCCC3CO2)c(OC(F)F)c1.I. The molecule has 2 aliphatic heterocycles. The fourth-order valence-electron chi connectivity index (χ4n) is 3.91. The number of fused-ring (bicyclic) bond motifs is 1. The van der Waals surface area contributed by atoms with Crippen LogP contribution in [0.1, 0.15) is 38.7 Å². The van der Waals surface area contributed by atoms with Crippen LogP contribution in [-0.2, 0) is 11.3 Å². The molecule has 1 aromatic carbocycles. The van der Waals surface area contributed by atoms with Gasteiger partial charge in [-0.25, -0.2) is 4.99 Å². The summed E-state index contributed by atoms with van der Waals surface area (Å²) in [6.45, 7) is 5.94. The smallest absolute Gasteiger partial charge is 0.387 e. The summed E-state index contributed by atoms with van der Waals surface area (Å²) in [5.41, 5.74) is 0.565. The minimum atomic E-state index is -2.91. The van der Waals surface area contributed by atoms with Crippen LogP contribution in [0.3, 0.4) is 0 Å². The molecule has 2 fully saturated rings. The molecule has 0 radical (unpaired) electrons. The largest absolute Gasteiger partial charge is 0.493 e. The quantitative estimate of drug-likeness (QED) is 0.256. The Morgan fingerprint density at radius 2 is 2.16 bits per heavy atom. The maximum absolute atomic E-state index is 12.9. The summed E-state index contributed by atoms with van der Waals surface area (Å²) < 4.78 is 42.0. The Hall–Kier alpha value is -1.40. The molecule has 2 aliphatic rings. The summed E-state index contributed by atoms with van der Waals surface area (Å²) in [7, 11) is 0. The van der Waals surface area contributed by atoms with E-state index in [1.54, 1.807) is 12.1 Å².